The number of hydrogen-bond donors (Lipinski definition) is 2. The molecule has 2 N–H and O–H groups in total. The highest BCUT2D eigenvalue weighted by Crippen LogP contribution is 2.38. The quantitative estimate of drug-likeness (QED) is 0.735. The average molecular weight is 430 g/mol. The molecule has 2 fully saturated rings. The summed E-state index contributed by atoms with van der Waals surface area (Å²) in [5, 5.41) is 10.9. The largest absolute Gasteiger partial charge is 0.341 e. The first-order chi connectivity index (χ1) is 14.4. The van der Waals surface area contributed by atoms with Crippen LogP contribution in [-0.2, 0) is 4.79 Å². The molecule has 0 spiro atoms. The number of H-pyrrole nitrogens is 1. The number of aromatic amines is 1. The van der Waals surface area contributed by atoms with Crippen molar-refractivity contribution >= 4 is 23.4 Å². The van der Waals surface area contributed by atoms with Crippen molar-refractivity contribution in [3.63, 3.8) is 0 Å². The van der Waals surface area contributed by atoms with E-state index in [0.29, 0.717) is 35.5 Å². The molecule has 1 saturated heterocycles. The number of nitrogens with one attached hydrogen (secondary N) is 2. The van der Waals surface area contributed by atoms with Gasteiger partial charge in [-0.25, -0.2) is 4.98 Å². The Morgan fingerprint density at radius 2 is 1.77 bits per heavy atom. The van der Waals surface area contributed by atoms with Gasteiger partial charge in [0.05, 0.1) is 0 Å². The smallest absolute Gasteiger partial charge is 0.251 e. The molecule has 1 atom stereocenters. The van der Waals surface area contributed by atoms with Gasteiger partial charge in [0.15, 0.2) is 5.82 Å². The summed E-state index contributed by atoms with van der Waals surface area (Å²) in [6, 6.07) is 6.12. The lowest BCUT2D eigenvalue weighted by Gasteiger charge is -2.34. The fourth-order valence-corrected chi connectivity index (χ4v) is 4.03. The van der Waals surface area contributed by atoms with Crippen molar-refractivity contribution in [3.05, 3.63) is 46.5 Å². The number of piperidine rings is 1. The van der Waals surface area contributed by atoms with Crippen LogP contribution in [0, 0.1) is 5.92 Å². The van der Waals surface area contributed by atoms with E-state index in [-0.39, 0.29) is 17.7 Å². The fraction of sp³-hybridized carbons (Fsp3) is 0.545. The standard InChI is InChI=1S/C22H28ClN5O2/c1-13(2)18(24-21(29)16-5-7-17(23)8-6-16)22(30)28-11-9-15(10-12-28)20-25-19(26-27-20)14-3-4-14/h5-8,13-15,18H,3-4,9-12H2,1-2H3,(H,24,29)(H,25,26,27). The van der Waals surface area contributed by atoms with E-state index in [4.69, 9.17) is 11.6 Å². The Morgan fingerprint density at radius 3 is 2.37 bits per heavy atom. The average Bonchev–Trinajstić information content (AvgIpc) is 3.48. The third-order valence-corrected chi connectivity index (χ3v) is 6.23. The molecule has 4 rings (SSSR count). The SMILES string of the molecule is CC(C)C(NC(=O)c1ccc(Cl)cc1)C(=O)N1CCC(c2nc(C3CC3)n[nH]2)CC1. The third kappa shape index (κ3) is 4.67. The zero-order valence-corrected chi connectivity index (χ0v) is 18.2. The number of rotatable bonds is 6. The molecule has 1 unspecified atom stereocenters. The number of carbonyl (C=O) groups excluding carboxylic acids is 2. The number of carbonyl (C=O) groups is 2. The van der Waals surface area contributed by atoms with Crippen molar-refractivity contribution in [3.8, 4) is 0 Å². The second-order valence-electron chi connectivity index (χ2n) is 8.65. The van der Waals surface area contributed by atoms with Crippen LogP contribution in [-0.4, -0.2) is 51.0 Å². The van der Waals surface area contributed by atoms with E-state index in [0.717, 1.165) is 24.5 Å². The Morgan fingerprint density at radius 1 is 1.10 bits per heavy atom. The van der Waals surface area contributed by atoms with Crippen LogP contribution in [0.25, 0.3) is 0 Å². The lowest BCUT2D eigenvalue weighted by atomic mass is 9.94. The number of nitrogens with zero attached hydrogens (tertiary/aromatic N) is 3. The summed E-state index contributed by atoms with van der Waals surface area (Å²) in [5.74, 6) is 2.42. The summed E-state index contributed by atoms with van der Waals surface area (Å²) in [6.07, 6.45) is 4.06. The van der Waals surface area contributed by atoms with Crippen LogP contribution in [0.15, 0.2) is 24.3 Å². The van der Waals surface area contributed by atoms with Crippen molar-refractivity contribution in [1.29, 1.82) is 0 Å². The molecular formula is C22H28ClN5O2. The Labute approximate surface area is 181 Å². The second-order valence-corrected chi connectivity index (χ2v) is 9.09. The summed E-state index contributed by atoms with van der Waals surface area (Å²) >= 11 is 5.90. The van der Waals surface area contributed by atoms with Crippen LogP contribution < -0.4 is 5.32 Å². The van der Waals surface area contributed by atoms with Crippen LogP contribution in [0.3, 0.4) is 0 Å². The highest BCUT2D eigenvalue weighted by Gasteiger charge is 2.33. The monoisotopic (exact) mass is 429 g/mol. The van der Waals surface area contributed by atoms with Crippen molar-refractivity contribution in [2.75, 3.05) is 13.1 Å². The van der Waals surface area contributed by atoms with E-state index >= 15 is 0 Å². The molecule has 2 aromatic rings. The van der Waals surface area contributed by atoms with Crippen LogP contribution in [0.4, 0.5) is 0 Å². The van der Waals surface area contributed by atoms with E-state index in [1.165, 1.54) is 12.8 Å². The predicted molar refractivity (Wildman–Crippen MR) is 114 cm³/mol. The molecule has 0 radical (unpaired) electrons. The first kappa shape index (κ1) is 20.8. The maximum absolute atomic E-state index is 13.2. The summed E-state index contributed by atoms with van der Waals surface area (Å²) in [4.78, 5) is 32.3. The van der Waals surface area contributed by atoms with Gasteiger partial charge in [0.1, 0.15) is 11.9 Å². The maximum Gasteiger partial charge on any atom is 0.251 e. The van der Waals surface area contributed by atoms with Crippen molar-refractivity contribution in [2.24, 2.45) is 5.92 Å². The molecular weight excluding hydrogens is 402 g/mol. The fourth-order valence-electron chi connectivity index (χ4n) is 3.90. The summed E-state index contributed by atoms with van der Waals surface area (Å²) in [6.45, 7) is 5.21. The van der Waals surface area contributed by atoms with Crippen molar-refractivity contribution in [2.45, 2.75) is 57.4 Å². The number of hydrogen-bond acceptors (Lipinski definition) is 4. The topological polar surface area (TPSA) is 91.0 Å². The van der Waals surface area contributed by atoms with Crippen molar-refractivity contribution < 1.29 is 9.59 Å². The Kier molecular flexibility index (Phi) is 6.09. The number of amides is 2. The molecule has 1 aromatic carbocycles. The molecule has 1 aliphatic heterocycles. The first-order valence-electron chi connectivity index (χ1n) is 10.7. The number of halogens is 1. The predicted octanol–water partition coefficient (Wildman–Crippen LogP) is 3.50. The molecule has 30 heavy (non-hydrogen) atoms. The molecule has 8 heteroatoms. The molecule has 0 bridgehead atoms. The molecule has 160 valence electrons. The number of benzene rings is 1. The molecule has 1 aromatic heterocycles. The van der Waals surface area contributed by atoms with Crippen LogP contribution in [0.1, 0.15) is 73.4 Å². The summed E-state index contributed by atoms with van der Waals surface area (Å²) in [7, 11) is 0. The van der Waals surface area contributed by atoms with Crippen LogP contribution in [0.2, 0.25) is 5.02 Å². The van der Waals surface area contributed by atoms with Crippen LogP contribution in [0.5, 0.6) is 0 Å². The lowest BCUT2D eigenvalue weighted by Crippen LogP contribution is -2.52. The van der Waals surface area contributed by atoms with Gasteiger partial charge < -0.3 is 10.2 Å². The molecule has 7 nitrogen and oxygen atoms in total. The van der Waals surface area contributed by atoms with Gasteiger partial charge >= 0.3 is 0 Å². The molecule has 2 aliphatic rings. The minimum absolute atomic E-state index is 0.0122. The lowest BCUT2D eigenvalue weighted by molar-refractivity contribution is -0.135. The molecule has 2 amide bonds. The van der Waals surface area contributed by atoms with E-state index in [1.54, 1.807) is 24.3 Å². The molecule has 1 saturated carbocycles. The minimum Gasteiger partial charge on any atom is -0.341 e. The molecule has 2 heterocycles. The van der Waals surface area contributed by atoms with Gasteiger partial charge in [-0.2, -0.15) is 5.10 Å². The van der Waals surface area contributed by atoms with Crippen LogP contribution >= 0.6 is 11.6 Å². The van der Waals surface area contributed by atoms with Gasteiger partial charge in [-0.05, 0) is 55.9 Å². The first-order valence-corrected chi connectivity index (χ1v) is 11.1. The zero-order chi connectivity index (χ0) is 21.3. The second kappa shape index (κ2) is 8.76. The van der Waals surface area contributed by atoms with Gasteiger partial charge in [-0.15, -0.1) is 0 Å². The molecule has 1 aliphatic carbocycles. The Balaban J connectivity index is 1.35. The normalized spacial score (nSPS) is 18.5. The Hall–Kier alpha value is -2.41. The van der Waals surface area contributed by atoms with E-state index in [2.05, 4.69) is 20.5 Å². The van der Waals surface area contributed by atoms with Gasteiger partial charge in [0, 0.05) is 35.5 Å². The number of aromatic nitrogens is 3. The summed E-state index contributed by atoms with van der Waals surface area (Å²) < 4.78 is 0. The highest BCUT2D eigenvalue weighted by atomic mass is 35.5. The minimum atomic E-state index is -0.559. The zero-order valence-electron chi connectivity index (χ0n) is 17.4. The van der Waals surface area contributed by atoms with Gasteiger partial charge in [-0.1, -0.05) is 25.4 Å². The van der Waals surface area contributed by atoms with Gasteiger partial charge in [0.2, 0.25) is 5.91 Å². The van der Waals surface area contributed by atoms with E-state index in [1.807, 2.05) is 18.7 Å². The van der Waals surface area contributed by atoms with Gasteiger partial charge in [0.25, 0.3) is 5.91 Å². The van der Waals surface area contributed by atoms with Gasteiger partial charge in [-0.3, -0.25) is 14.7 Å². The Bertz CT molecular complexity index is 899. The number of likely N-dealkylation sites (tertiary alicyclic amines) is 1. The highest BCUT2D eigenvalue weighted by molar-refractivity contribution is 6.30. The third-order valence-electron chi connectivity index (χ3n) is 5.98. The summed E-state index contributed by atoms with van der Waals surface area (Å²) in [5.41, 5.74) is 0.494. The van der Waals surface area contributed by atoms with E-state index in [9.17, 15) is 9.59 Å². The maximum atomic E-state index is 13.2. The van der Waals surface area contributed by atoms with Crippen molar-refractivity contribution in [1.82, 2.24) is 25.4 Å². The van der Waals surface area contributed by atoms with E-state index < -0.39 is 6.04 Å².